The van der Waals surface area contributed by atoms with E-state index >= 15 is 0 Å². The normalized spacial score (nSPS) is 15.7. The summed E-state index contributed by atoms with van der Waals surface area (Å²) in [4.78, 5) is 34.9. The SMILES string of the molecule is N[C@H]1CCN(C(=O)CNC(=O)c2ccc(Nc3nccn4c(-c5cn[nH]c5C(F)(F)F)cnc34)cc2Cl)C1. The van der Waals surface area contributed by atoms with Gasteiger partial charge in [-0.25, -0.2) is 9.97 Å². The van der Waals surface area contributed by atoms with Crippen LogP contribution in [0.2, 0.25) is 5.02 Å². The molecule has 1 atom stereocenters. The molecule has 1 aliphatic heterocycles. The minimum atomic E-state index is -4.62. The second-order valence-corrected chi connectivity index (χ2v) is 9.07. The molecule has 3 aromatic heterocycles. The molecule has 1 saturated heterocycles. The number of carbonyl (C=O) groups excluding carboxylic acids is 2. The second-order valence-electron chi connectivity index (χ2n) is 8.66. The fourth-order valence-corrected chi connectivity index (χ4v) is 4.46. The summed E-state index contributed by atoms with van der Waals surface area (Å²) in [6.45, 7) is 0.838. The first-order valence-electron chi connectivity index (χ1n) is 11.4. The van der Waals surface area contributed by atoms with Crippen molar-refractivity contribution < 1.29 is 22.8 Å². The molecule has 11 nitrogen and oxygen atoms in total. The number of benzene rings is 1. The lowest BCUT2D eigenvalue weighted by Gasteiger charge is -2.16. The molecule has 0 aliphatic carbocycles. The molecule has 4 aromatic rings. The van der Waals surface area contributed by atoms with E-state index in [2.05, 4.69) is 25.7 Å². The molecule has 4 heterocycles. The van der Waals surface area contributed by atoms with E-state index in [1.165, 1.54) is 35.1 Å². The molecule has 0 unspecified atom stereocenters. The average molecular weight is 548 g/mol. The number of carbonyl (C=O) groups is 2. The minimum Gasteiger partial charge on any atom is -0.343 e. The maximum absolute atomic E-state index is 13.4. The zero-order valence-electron chi connectivity index (χ0n) is 19.6. The van der Waals surface area contributed by atoms with Gasteiger partial charge in [-0.05, 0) is 24.6 Å². The monoisotopic (exact) mass is 547 g/mol. The number of aromatic nitrogens is 5. The summed E-state index contributed by atoms with van der Waals surface area (Å²) < 4.78 is 41.5. The van der Waals surface area contributed by atoms with Crippen LogP contribution in [0, 0.1) is 0 Å². The van der Waals surface area contributed by atoms with Crippen molar-refractivity contribution in [2.45, 2.75) is 18.6 Å². The van der Waals surface area contributed by atoms with Crippen LogP contribution in [0.4, 0.5) is 24.7 Å². The Labute approximate surface area is 218 Å². The Hall–Kier alpha value is -4.17. The third-order valence-electron chi connectivity index (χ3n) is 6.08. The number of halogens is 4. The molecule has 2 amide bonds. The predicted molar refractivity (Wildman–Crippen MR) is 132 cm³/mol. The van der Waals surface area contributed by atoms with E-state index in [-0.39, 0.29) is 51.8 Å². The molecule has 1 fully saturated rings. The Morgan fingerprint density at radius 1 is 1.24 bits per heavy atom. The summed E-state index contributed by atoms with van der Waals surface area (Å²) in [6, 6.07) is 4.50. The number of amides is 2. The molecule has 0 bridgehead atoms. The highest BCUT2D eigenvalue weighted by atomic mass is 35.5. The number of rotatable bonds is 6. The first kappa shape index (κ1) is 25.5. The highest BCUT2D eigenvalue weighted by Crippen LogP contribution is 2.36. The Balaban J connectivity index is 1.32. The summed E-state index contributed by atoms with van der Waals surface area (Å²) in [7, 11) is 0. The van der Waals surface area contributed by atoms with Gasteiger partial charge in [-0.2, -0.15) is 18.3 Å². The van der Waals surface area contributed by atoms with Gasteiger partial charge in [-0.15, -0.1) is 0 Å². The summed E-state index contributed by atoms with van der Waals surface area (Å²) in [5, 5.41) is 11.2. The summed E-state index contributed by atoms with van der Waals surface area (Å²) in [6.07, 6.45) is 1.36. The van der Waals surface area contributed by atoms with E-state index in [0.29, 0.717) is 18.8 Å². The number of likely N-dealkylation sites (tertiary alicyclic amines) is 1. The van der Waals surface area contributed by atoms with Crippen molar-refractivity contribution >= 4 is 40.6 Å². The number of hydrogen-bond acceptors (Lipinski definition) is 7. The Morgan fingerprint density at radius 2 is 2.05 bits per heavy atom. The first-order chi connectivity index (χ1) is 18.1. The van der Waals surface area contributed by atoms with Crippen LogP contribution in [0.15, 0.2) is 43.0 Å². The third kappa shape index (κ3) is 4.99. The average Bonchev–Trinajstić information content (AvgIpc) is 3.61. The van der Waals surface area contributed by atoms with Crippen molar-refractivity contribution in [3.05, 3.63) is 59.3 Å². The smallest absolute Gasteiger partial charge is 0.343 e. The molecule has 0 saturated carbocycles. The number of nitrogens with one attached hydrogen (secondary N) is 3. The number of imidazole rings is 1. The standard InChI is InChI=1S/C23H21ClF3N9O2/c24-16-7-13(1-2-14(16)22(38)31-10-18(37)35-5-3-12(28)11-35)33-20-21-30-9-17(36(21)6-4-29-20)15-8-32-34-19(15)23(25,26)27/h1-2,4,6-9,12H,3,5,10-11,28H2,(H,29,33)(H,31,38)(H,32,34)/t12-/m0/s1. The van der Waals surface area contributed by atoms with Gasteiger partial charge < -0.3 is 21.3 Å². The predicted octanol–water partition coefficient (Wildman–Crippen LogP) is 2.82. The van der Waals surface area contributed by atoms with E-state index in [1.54, 1.807) is 11.0 Å². The Morgan fingerprint density at radius 3 is 2.76 bits per heavy atom. The minimum absolute atomic E-state index is 0.0546. The van der Waals surface area contributed by atoms with Crippen molar-refractivity contribution in [2.24, 2.45) is 5.73 Å². The molecule has 5 N–H and O–H groups in total. The maximum atomic E-state index is 13.4. The highest BCUT2D eigenvalue weighted by Gasteiger charge is 2.36. The molecule has 1 aromatic carbocycles. The maximum Gasteiger partial charge on any atom is 0.433 e. The molecule has 0 radical (unpaired) electrons. The zero-order valence-corrected chi connectivity index (χ0v) is 20.3. The number of nitrogens with zero attached hydrogens (tertiary/aromatic N) is 5. The molecule has 5 rings (SSSR count). The third-order valence-corrected chi connectivity index (χ3v) is 6.39. The van der Waals surface area contributed by atoms with Gasteiger partial charge in [0, 0.05) is 37.2 Å². The quantitative estimate of drug-likeness (QED) is 0.290. The van der Waals surface area contributed by atoms with E-state index in [4.69, 9.17) is 17.3 Å². The van der Waals surface area contributed by atoms with Crippen LogP contribution in [0.5, 0.6) is 0 Å². The van der Waals surface area contributed by atoms with Gasteiger partial charge in [0.25, 0.3) is 5.91 Å². The lowest BCUT2D eigenvalue weighted by atomic mass is 10.2. The fourth-order valence-electron chi connectivity index (χ4n) is 4.19. The number of anilines is 2. The molecule has 198 valence electrons. The Bertz CT molecular complexity index is 1520. The highest BCUT2D eigenvalue weighted by molar-refractivity contribution is 6.34. The first-order valence-corrected chi connectivity index (χ1v) is 11.8. The van der Waals surface area contributed by atoms with Crippen LogP contribution in [0.25, 0.3) is 16.9 Å². The summed E-state index contributed by atoms with van der Waals surface area (Å²) >= 11 is 6.33. The van der Waals surface area contributed by atoms with Crippen LogP contribution in [0.1, 0.15) is 22.5 Å². The van der Waals surface area contributed by atoms with Crippen LogP contribution >= 0.6 is 11.6 Å². The molecular weight excluding hydrogens is 527 g/mol. The van der Waals surface area contributed by atoms with Crippen molar-refractivity contribution in [1.29, 1.82) is 0 Å². The van der Waals surface area contributed by atoms with E-state index in [1.807, 2.05) is 5.10 Å². The lowest BCUT2D eigenvalue weighted by molar-refractivity contribution is -0.140. The molecular formula is C23H21ClF3N9O2. The van der Waals surface area contributed by atoms with Gasteiger partial charge in [0.15, 0.2) is 11.5 Å². The van der Waals surface area contributed by atoms with Crippen molar-refractivity contribution in [3.63, 3.8) is 0 Å². The van der Waals surface area contributed by atoms with Crippen LogP contribution in [-0.4, -0.2) is 67.0 Å². The second kappa shape index (κ2) is 9.95. The van der Waals surface area contributed by atoms with Gasteiger partial charge in [0.1, 0.15) is 5.69 Å². The van der Waals surface area contributed by atoms with Crippen molar-refractivity contribution in [2.75, 3.05) is 25.0 Å². The van der Waals surface area contributed by atoms with Crippen LogP contribution in [-0.2, 0) is 11.0 Å². The van der Waals surface area contributed by atoms with Crippen molar-refractivity contribution in [3.8, 4) is 11.3 Å². The number of alkyl halides is 3. The number of fused-ring (bicyclic) bond motifs is 1. The van der Waals surface area contributed by atoms with E-state index < -0.39 is 17.8 Å². The summed E-state index contributed by atoms with van der Waals surface area (Å²) in [5.74, 6) is -0.493. The largest absolute Gasteiger partial charge is 0.433 e. The van der Waals surface area contributed by atoms with Gasteiger partial charge in [-0.1, -0.05) is 11.6 Å². The Kier molecular flexibility index (Phi) is 6.67. The molecule has 38 heavy (non-hydrogen) atoms. The number of H-pyrrole nitrogens is 1. The van der Waals surface area contributed by atoms with Gasteiger partial charge in [0.05, 0.1) is 40.8 Å². The fraction of sp³-hybridized carbons (Fsp3) is 0.261. The topological polar surface area (TPSA) is 146 Å². The van der Waals surface area contributed by atoms with Gasteiger partial charge in [-0.3, -0.25) is 19.1 Å². The van der Waals surface area contributed by atoms with Gasteiger partial charge in [0.2, 0.25) is 5.91 Å². The summed E-state index contributed by atoms with van der Waals surface area (Å²) in [5.41, 5.74) is 5.71. The number of aromatic amines is 1. The molecule has 1 aliphatic rings. The number of hydrogen-bond donors (Lipinski definition) is 4. The van der Waals surface area contributed by atoms with Crippen LogP contribution in [0.3, 0.4) is 0 Å². The van der Waals surface area contributed by atoms with Crippen LogP contribution < -0.4 is 16.4 Å². The van der Waals surface area contributed by atoms with E-state index in [9.17, 15) is 22.8 Å². The molecule has 0 spiro atoms. The van der Waals surface area contributed by atoms with E-state index in [0.717, 1.165) is 12.6 Å². The number of nitrogens with two attached hydrogens (primary N) is 1. The van der Waals surface area contributed by atoms with Gasteiger partial charge >= 0.3 is 6.18 Å². The van der Waals surface area contributed by atoms with Crippen molar-refractivity contribution in [1.82, 2.24) is 34.8 Å². The lowest BCUT2D eigenvalue weighted by Crippen LogP contribution is -2.40. The molecule has 15 heteroatoms. The zero-order chi connectivity index (χ0) is 27.0.